The second kappa shape index (κ2) is 7.14. The average molecular weight is 409 g/mol. The van der Waals surface area contributed by atoms with Gasteiger partial charge in [-0.1, -0.05) is 30.0 Å². The zero-order valence-corrected chi connectivity index (χ0v) is 16.4. The lowest BCUT2D eigenvalue weighted by Crippen LogP contribution is -2.32. The maximum atomic E-state index is 12.8. The summed E-state index contributed by atoms with van der Waals surface area (Å²) >= 11 is 1.54. The molecule has 5 rings (SSSR count). The summed E-state index contributed by atoms with van der Waals surface area (Å²) in [5.41, 5.74) is 2.10. The summed E-state index contributed by atoms with van der Waals surface area (Å²) in [5, 5.41) is 11.4. The molecular formula is C20H19N5O3S. The van der Waals surface area contributed by atoms with Gasteiger partial charge in [-0.15, -0.1) is 0 Å². The lowest BCUT2D eigenvalue weighted by atomic mass is 10.1. The van der Waals surface area contributed by atoms with Crippen molar-refractivity contribution in [1.82, 2.24) is 25.1 Å². The first-order valence-corrected chi connectivity index (χ1v) is 10.6. The van der Waals surface area contributed by atoms with Gasteiger partial charge >= 0.3 is 0 Å². The molecule has 2 N–H and O–H groups in total. The number of aromatic nitrogens is 4. The lowest BCUT2D eigenvalue weighted by Gasteiger charge is -2.14. The van der Waals surface area contributed by atoms with E-state index in [-0.39, 0.29) is 36.0 Å². The zero-order chi connectivity index (χ0) is 20.0. The maximum absolute atomic E-state index is 12.8. The van der Waals surface area contributed by atoms with E-state index in [0.717, 1.165) is 35.7 Å². The first-order valence-electron chi connectivity index (χ1n) is 9.62. The Hall–Kier alpha value is -2.94. The van der Waals surface area contributed by atoms with Gasteiger partial charge in [0.1, 0.15) is 0 Å². The van der Waals surface area contributed by atoms with Crippen molar-refractivity contribution >= 4 is 28.4 Å². The van der Waals surface area contributed by atoms with E-state index in [0.29, 0.717) is 22.2 Å². The number of carbonyl (C=O) groups is 1. The highest BCUT2D eigenvalue weighted by Gasteiger charge is 2.31. The number of thioether (sulfide) groups is 1. The second-order valence-corrected chi connectivity index (χ2v) is 8.33. The summed E-state index contributed by atoms with van der Waals surface area (Å²) < 4.78 is 1.70. The van der Waals surface area contributed by atoms with Crippen molar-refractivity contribution < 1.29 is 4.79 Å². The fraction of sp³-hybridized carbons (Fsp3) is 0.350. The summed E-state index contributed by atoms with van der Waals surface area (Å²) in [5.74, 6) is 0.506. The number of carbonyl (C=O) groups excluding carboxylic acids is 1. The van der Waals surface area contributed by atoms with E-state index in [1.807, 2.05) is 12.1 Å². The Labute approximate surface area is 169 Å². The summed E-state index contributed by atoms with van der Waals surface area (Å²) in [6.45, 7) is 0.209. The highest BCUT2D eigenvalue weighted by Crippen LogP contribution is 2.33. The van der Waals surface area contributed by atoms with Crippen LogP contribution in [0, 0.1) is 0 Å². The second-order valence-electron chi connectivity index (χ2n) is 7.34. The van der Waals surface area contributed by atoms with Gasteiger partial charge in [-0.2, -0.15) is 5.10 Å². The minimum atomic E-state index is -0.255. The van der Waals surface area contributed by atoms with Crippen LogP contribution in [-0.4, -0.2) is 31.4 Å². The van der Waals surface area contributed by atoms with Crippen LogP contribution in [-0.2, 0) is 24.2 Å². The Bertz CT molecular complexity index is 1250. The molecule has 0 spiro atoms. The Balaban J connectivity index is 1.32. The van der Waals surface area contributed by atoms with Gasteiger partial charge in [0.15, 0.2) is 5.16 Å². The summed E-state index contributed by atoms with van der Waals surface area (Å²) in [7, 11) is 0. The van der Waals surface area contributed by atoms with E-state index in [9.17, 15) is 14.4 Å². The topological polar surface area (TPSA) is 110 Å². The van der Waals surface area contributed by atoms with Crippen LogP contribution >= 0.6 is 11.8 Å². The highest BCUT2D eigenvalue weighted by molar-refractivity contribution is 7.99. The molecule has 1 atom stereocenters. The molecule has 3 aromatic rings. The molecule has 1 aliphatic carbocycles. The number of hydrogen-bond acceptors (Lipinski definition) is 6. The minimum Gasteiger partial charge on any atom is -0.350 e. The molecule has 1 amide bonds. The smallest absolute Gasteiger partial charge is 0.272 e. The molecule has 0 bridgehead atoms. The van der Waals surface area contributed by atoms with Crippen molar-refractivity contribution in [2.75, 3.05) is 5.75 Å². The molecule has 0 radical (unpaired) electrons. The van der Waals surface area contributed by atoms with Crippen LogP contribution in [0.15, 0.2) is 39.0 Å². The molecule has 1 aromatic carbocycles. The molecule has 9 heteroatoms. The number of H-pyrrole nitrogens is 1. The van der Waals surface area contributed by atoms with Crippen molar-refractivity contribution in [3.63, 3.8) is 0 Å². The fourth-order valence-electron chi connectivity index (χ4n) is 4.08. The first-order chi connectivity index (χ1) is 14.1. The van der Waals surface area contributed by atoms with Crippen molar-refractivity contribution in [3.8, 4) is 0 Å². The standard InChI is InChI=1S/C20H19N5O3S/c26-17(21-9-16-12-4-1-2-5-13(12)18(27)24-23-16)8-11-10-29-20-22-15-7-3-6-14(15)19(28)25(11)20/h1-2,4-5,11H,3,6-10H2,(H,21,26)(H,24,27). The van der Waals surface area contributed by atoms with E-state index in [1.54, 1.807) is 16.7 Å². The van der Waals surface area contributed by atoms with Crippen LogP contribution in [0.2, 0.25) is 0 Å². The fourth-order valence-corrected chi connectivity index (χ4v) is 5.23. The molecule has 2 aliphatic rings. The summed E-state index contributed by atoms with van der Waals surface area (Å²) in [4.78, 5) is 41.9. The van der Waals surface area contributed by atoms with E-state index in [4.69, 9.17) is 0 Å². The molecule has 8 nitrogen and oxygen atoms in total. The Morgan fingerprint density at radius 1 is 1.24 bits per heavy atom. The molecule has 0 saturated carbocycles. The van der Waals surface area contributed by atoms with Crippen molar-refractivity contribution in [1.29, 1.82) is 0 Å². The van der Waals surface area contributed by atoms with E-state index < -0.39 is 0 Å². The zero-order valence-electron chi connectivity index (χ0n) is 15.6. The van der Waals surface area contributed by atoms with E-state index >= 15 is 0 Å². The molecular weight excluding hydrogens is 390 g/mol. The number of rotatable bonds is 4. The Morgan fingerprint density at radius 3 is 2.93 bits per heavy atom. The van der Waals surface area contributed by atoms with Crippen molar-refractivity contribution in [3.05, 3.63) is 61.9 Å². The third-order valence-corrected chi connectivity index (χ3v) is 6.62. The maximum Gasteiger partial charge on any atom is 0.272 e. The van der Waals surface area contributed by atoms with E-state index in [2.05, 4.69) is 20.5 Å². The highest BCUT2D eigenvalue weighted by atomic mass is 32.2. The van der Waals surface area contributed by atoms with Crippen molar-refractivity contribution in [2.24, 2.45) is 0 Å². The normalized spacial score (nSPS) is 17.3. The third kappa shape index (κ3) is 3.15. The van der Waals surface area contributed by atoms with Gasteiger partial charge in [-0.3, -0.25) is 19.0 Å². The first kappa shape index (κ1) is 18.1. The van der Waals surface area contributed by atoms with Crippen LogP contribution < -0.4 is 16.4 Å². The summed E-state index contributed by atoms with van der Waals surface area (Å²) in [6.07, 6.45) is 2.82. The number of hydrogen-bond donors (Lipinski definition) is 2. The number of aryl methyl sites for hydroxylation is 1. The van der Waals surface area contributed by atoms with Crippen LogP contribution in [0.3, 0.4) is 0 Å². The van der Waals surface area contributed by atoms with Crippen LogP contribution in [0.4, 0.5) is 0 Å². The average Bonchev–Trinajstić information content (AvgIpc) is 3.35. The van der Waals surface area contributed by atoms with E-state index in [1.165, 1.54) is 11.8 Å². The number of fused-ring (bicyclic) bond motifs is 3. The van der Waals surface area contributed by atoms with Gasteiger partial charge in [-0.25, -0.2) is 10.1 Å². The molecule has 0 fully saturated rings. The number of aromatic amines is 1. The third-order valence-electron chi connectivity index (χ3n) is 5.52. The number of nitrogens with one attached hydrogen (secondary N) is 2. The molecule has 1 unspecified atom stereocenters. The predicted molar refractivity (Wildman–Crippen MR) is 109 cm³/mol. The van der Waals surface area contributed by atoms with Gasteiger partial charge in [0, 0.05) is 23.1 Å². The van der Waals surface area contributed by atoms with Crippen molar-refractivity contribution in [2.45, 2.75) is 43.4 Å². The molecule has 1 aliphatic heterocycles. The van der Waals surface area contributed by atoms with Gasteiger partial charge in [0.2, 0.25) is 5.91 Å². The largest absolute Gasteiger partial charge is 0.350 e. The predicted octanol–water partition coefficient (Wildman–Crippen LogP) is 1.32. The Kier molecular flexibility index (Phi) is 4.46. The van der Waals surface area contributed by atoms with Crippen LogP contribution in [0.1, 0.15) is 35.8 Å². The lowest BCUT2D eigenvalue weighted by molar-refractivity contribution is -0.121. The number of amides is 1. The Morgan fingerprint density at radius 2 is 2.07 bits per heavy atom. The summed E-state index contributed by atoms with van der Waals surface area (Å²) in [6, 6.07) is 6.97. The van der Waals surface area contributed by atoms with Gasteiger partial charge in [0.05, 0.1) is 29.4 Å². The quantitative estimate of drug-likeness (QED) is 0.629. The van der Waals surface area contributed by atoms with Gasteiger partial charge in [0.25, 0.3) is 11.1 Å². The van der Waals surface area contributed by atoms with Crippen LogP contribution in [0.5, 0.6) is 0 Å². The number of benzene rings is 1. The number of nitrogens with zero attached hydrogens (tertiary/aromatic N) is 3. The minimum absolute atomic E-state index is 0.0126. The SMILES string of the molecule is O=C(CC1CSc2nc3c(c(=O)n21)CCC3)NCc1n[nH]c(=O)c2ccccc12. The molecule has 2 aromatic heterocycles. The molecule has 29 heavy (non-hydrogen) atoms. The van der Waals surface area contributed by atoms with Gasteiger partial charge < -0.3 is 5.32 Å². The van der Waals surface area contributed by atoms with Crippen LogP contribution in [0.25, 0.3) is 10.8 Å². The molecule has 148 valence electrons. The molecule has 0 saturated heterocycles. The molecule has 3 heterocycles. The monoisotopic (exact) mass is 409 g/mol. The van der Waals surface area contributed by atoms with Gasteiger partial charge in [-0.05, 0) is 25.3 Å².